The summed E-state index contributed by atoms with van der Waals surface area (Å²) in [6.07, 6.45) is 1.84. The zero-order valence-electron chi connectivity index (χ0n) is 11.1. The van der Waals surface area contributed by atoms with Crippen LogP contribution in [0.5, 0.6) is 0 Å². The van der Waals surface area contributed by atoms with Crippen LogP contribution in [0.25, 0.3) is 5.69 Å². The Morgan fingerprint density at radius 3 is 2.25 bits per heavy atom. The van der Waals surface area contributed by atoms with Gasteiger partial charge in [0.1, 0.15) is 0 Å². The summed E-state index contributed by atoms with van der Waals surface area (Å²) in [4.78, 5) is 0. The first-order chi connectivity index (χ1) is 9.73. The summed E-state index contributed by atoms with van der Waals surface area (Å²) in [5.41, 5.74) is 0.626. The molecule has 0 spiro atoms. The second-order valence-corrected chi connectivity index (χ2v) is 4.70. The van der Waals surface area contributed by atoms with Crippen LogP contribution in [0.2, 0.25) is 0 Å². The average molecular weight is 277 g/mol. The molecule has 2 aromatic rings. The Kier molecular flexibility index (Phi) is 4.86. The molecular formula is C14H19N3O3. The summed E-state index contributed by atoms with van der Waals surface area (Å²) >= 11 is 0. The quantitative estimate of drug-likeness (QED) is 0.557. The van der Waals surface area contributed by atoms with Crippen LogP contribution >= 0.6 is 0 Å². The maximum atomic E-state index is 9.23. The molecule has 1 aromatic heterocycles. The van der Waals surface area contributed by atoms with Gasteiger partial charge >= 0.3 is 0 Å². The topological polar surface area (TPSA) is 90.5 Å². The van der Waals surface area contributed by atoms with Gasteiger partial charge in [0, 0.05) is 12.7 Å². The molecule has 6 heteroatoms. The SMILES string of the molecule is OCC(CO)(CO)NCc1ccn(-c2ccccc2)n1. The molecule has 0 atom stereocenters. The lowest BCUT2D eigenvalue weighted by Crippen LogP contribution is -2.54. The molecule has 0 aliphatic carbocycles. The highest BCUT2D eigenvalue weighted by molar-refractivity contribution is 5.30. The van der Waals surface area contributed by atoms with Gasteiger partial charge in [-0.15, -0.1) is 0 Å². The molecule has 0 saturated heterocycles. The molecule has 0 unspecified atom stereocenters. The normalized spacial score (nSPS) is 11.8. The third-order valence-electron chi connectivity index (χ3n) is 3.22. The van der Waals surface area contributed by atoms with Gasteiger partial charge in [0.2, 0.25) is 0 Å². The van der Waals surface area contributed by atoms with Gasteiger partial charge < -0.3 is 15.3 Å². The molecule has 20 heavy (non-hydrogen) atoms. The molecule has 0 saturated carbocycles. The molecule has 4 N–H and O–H groups in total. The third kappa shape index (κ3) is 3.23. The zero-order valence-corrected chi connectivity index (χ0v) is 11.1. The van der Waals surface area contributed by atoms with E-state index in [1.54, 1.807) is 4.68 Å². The summed E-state index contributed by atoms with van der Waals surface area (Å²) in [7, 11) is 0. The molecule has 0 radical (unpaired) electrons. The first-order valence-corrected chi connectivity index (χ1v) is 6.40. The molecule has 0 amide bonds. The summed E-state index contributed by atoms with van der Waals surface area (Å²) in [6.45, 7) is -0.695. The highest BCUT2D eigenvalue weighted by atomic mass is 16.3. The van der Waals surface area contributed by atoms with Crippen molar-refractivity contribution in [3.8, 4) is 5.69 Å². The Bertz CT molecular complexity index is 515. The van der Waals surface area contributed by atoms with Crippen molar-refractivity contribution in [3.63, 3.8) is 0 Å². The summed E-state index contributed by atoms with van der Waals surface area (Å²) in [5.74, 6) is 0. The molecule has 6 nitrogen and oxygen atoms in total. The van der Waals surface area contributed by atoms with Gasteiger partial charge in [0.05, 0.1) is 36.7 Å². The van der Waals surface area contributed by atoms with Gasteiger partial charge in [-0.2, -0.15) is 5.10 Å². The van der Waals surface area contributed by atoms with E-state index in [0.717, 1.165) is 11.4 Å². The van der Waals surface area contributed by atoms with Crippen LogP contribution < -0.4 is 5.32 Å². The lowest BCUT2D eigenvalue weighted by atomic mass is 10.0. The molecule has 1 aromatic carbocycles. The van der Waals surface area contributed by atoms with Crippen molar-refractivity contribution in [2.75, 3.05) is 19.8 Å². The van der Waals surface area contributed by atoms with Crippen LogP contribution in [-0.4, -0.2) is 50.5 Å². The third-order valence-corrected chi connectivity index (χ3v) is 3.22. The lowest BCUT2D eigenvalue weighted by molar-refractivity contribution is 0.0411. The van der Waals surface area contributed by atoms with E-state index in [1.807, 2.05) is 42.6 Å². The number of rotatable bonds is 7. The van der Waals surface area contributed by atoms with E-state index in [0.29, 0.717) is 6.54 Å². The van der Waals surface area contributed by atoms with Gasteiger partial charge in [-0.1, -0.05) is 18.2 Å². The number of para-hydroxylation sites is 1. The summed E-state index contributed by atoms with van der Waals surface area (Å²) in [6, 6.07) is 11.5. The van der Waals surface area contributed by atoms with E-state index in [4.69, 9.17) is 0 Å². The van der Waals surface area contributed by atoms with Crippen LogP contribution in [0.4, 0.5) is 0 Å². The summed E-state index contributed by atoms with van der Waals surface area (Å²) < 4.78 is 1.75. The van der Waals surface area contributed by atoms with E-state index in [-0.39, 0.29) is 19.8 Å². The molecule has 0 bridgehead atoms. The summed E-state index contributed by atoms with van der Waals surface area (Å²) in [5, 5.41) is 35.0. The molecule has 108 valence electrons. The van der Waals surface area contributed by atoms with E-state index in [9.17, 15) is 15.3 Å². The van der Waals surface area contributed by atoms with Crippen molar-refractivity contribution >= 4 is 0 Å². The van der Waals surface area contributed by atoms with E-state index in [1.165, 1.54) is 0 Å². The van der Waals surface area contributed by atoms with Crippen LogP contribution in [-0.2, 0) is 6.54 Å². The lowest BCUT2D eigenvalue weighted by Gasteiger charge is -2.28. The molecule has 1 heterocycles. The van der Waals surface area contributed by atoms with Crippen molar-refractivity contribution in [3.05, 3.63) is 48.3 Å². The van der Waals surface area contributed by atoms with Gasteiger partial charge in [-0.05, 0) is 18.2 Å². The van der Waals surface area contributed by atoms with Gasteiger partial charge in [-0.25, -0.2) is 4.68 Å². The van der Waals surface area contributed by atoms with Gasteiger partial charge in [-0.3, -0.25) is 5.32 Å². The minimum absolute atomic E-state index is 0.348. The molecule has 0 aliphatic rings. The number of nitrogens with zero attached hydrogens (tertiary/aromatic N) is 2. The fourth-order valence-electron chi connectivity index (χ4n) is 1.78. The predicted octanol–water partition coefficient (Wildman–Crippen LogP) is -0.322. The molecule has 0 fully saturated rings. The standard InChI is InChI=1S/C14H19N3O3/c18-9-14(10-19,11-20)15-8-12-6-7-17(16-12)13-4-2-1-3-5-13/h1-7,15,18-20H,8-11H2. The van der Waals surface area contributed by atoms with Crippen molar-refractivity contribution < 1.29 is 15.3 Å². The number of benzene rings is 1. The minimum atomic E-state index is -1.09. The first kappa shape index (κ1) is 14.7. The first-order valence-electron chi connectivity index (χ1n) is 6.40. The maximum Gasteiger partial charge on any atom is 0.0884 e. The van der Waals surface area contributed by atoms with E-state index < -0.39 is 5.54 Å². The second-order valence-electron chi connectivity index (χ2n) is 4.70. The number of aromatic nitrogens is 2. The Balaban J connectivity index is 2.03. The van der Waals surface area contributed by atoms with Crippen LogP contribution in [0.1, 0.15) is 5.69 Å². The van der Waals surface area contributed by atoms with Crippen molar-refractivity contribution in [2.24, 2.45) is 0 Å². The Morgan fingerprint density at radius 2 is 1.65 bits per heavy atom. The molecule has 2 rings (SSSR count). The van der Waals surface area contributed by atoms with E-state index in [2.05, 4.69) is 10.4 Å². The van der Waals surface area contributed by atoms with Crippen molar-refractivity contribution in [1.82, 2.24) is 15.1 Å². The van der Waals surface area contributed by atoms with Crippen LogP contribution in [0, 0.1) is 0 Å². The number of aliphatic hydroxyl groups excluding tert-OH is 3. The Morgan fingerprint density at radius 1 is 1.00 bits per heavy atom. The fraction of sp³-hybridized carbons (Fsp3) is 0.357. The number of hydrogen-bond acceptors (Lipinski definition) is 5. The fourth-order valence-corrected chi connectivity index (χ4v) is 1.78. The van der Waals surface area contributed by atoms with Crippen LogP contribution in [0.15, 0.2) is 42.6 Å². The molecular weight excluding hydrogens is 258 g/mol. The van der Waals surface area contributed by atoms with Gasteiger partial charge in [0.15, 0.2) is 0 Å². The second kappa shape index (κ2) is 6.62. The average Bonchev–Trinajstić information content (AvgIpc) is 2.99. The minimum Gasteiger partial charge on any atom is -0.394 e. The Hall–Kier alpha value is -1.73. The highest BCUT2D eigenvalue weighted by Gasteiger charge is 2.27. The zero-order chi connectivity index (χ0) is 14.4. The van der Waals surface area contributed by atoms with Crippen molar-refractivity contribution in [1.29, 1.82) is 0 Å². The molecule has 0 aliphatic heterocycles. The largest absolute Gasteiger partial charge is 0.394 e. The van der Waals surface area contributed by atoms with Gasteiger partial charge in [0.25, 0.3) is 0 Å². The Labute approximate surface area is 117 Å². The number of hydrogen-bond donors (Lipinski definition) is 4. The highest BCUT2D eigenvalue weighted by Crippen LogP contribution is 2.08. The van der Waals surface area contributed by atoms with Crippen LogP contribution in [0.3, 0.4) is 0 Å². The number of nitrogens with one attached hydrogen (secondary N) is 1. The number of aliphatic hydroxyl groups is 3. The van der Waals surface area contributed by atoms with Crippen molar-refractivity contribution in [2.45, 2.75) is 12.1 Å². The predicted molar refractivity (Wildman–Crippen MR) is 74.4 cm³/mol. The monoisotopic (exact) mass is 277 g/mol. The van der Waals surface area contributed by atoms with E-state index >= 15 is 0 Å². The maximum absolute atomic E-state index is 9.23. The smallest absolute Gasteiger partial charge is 0.0884 e.